The van der Waals surface area contributed by atoms with Crippen molar-refractivity contribution >= 4 is 11.6 Å². The maximum atomic E-state index is 13.0. The van der Waals surface area contributed by atoms with Crippen LogP contribution in [0.4, 0.5) is 0 Å². The van der Waals surface area contributed by atoms with E-state index in [1.807, 2.05) is 18.2 Å². The third kappa shape index (κ3) is 2.97. The summed E-state index contributed by atoms with van der Waals surface area (Å²) >= 11 is 0. The minimum Gasteiger partial charge on any atom is -0.365 e. The number of ketones is 2. The molecule has 0 bridgehead atoms. The molecule has 0 spiro atoms. The second-order valence-corrected chi connectivity index (χ2v) is 6.93. The fourth-order valence-corrected chi connectivity index (χ4v) is 3.84. The fraction of sp³-hybridized carbons (Fsp3) is 0.273. The normalized spacial score (nSPS) is 18.3. The molecule has 2 aliphatic rings. The van der Waals surface area contributed by atoms with Gasteiger partial charge < -0.3 is 4.90 Å². The number of fused-ring (bicyclic) bond motifs is 1. The number of carbonyl (C=O) groups is 2. The SMILES string of the molecule is CC1=C(N2CCN(Cc3ccccc3)CC2)C(=O)c2ccccc2C1=O. The van der Waals surface area contributed by atoms with E-state index in [4.69, 9.17) is 0 Å². The summed E-state index contributed by atoms with van der Waals surface area (Å²) in [6.07, 6.45) is 0. The van der Waals surface area contributed by atoms with Crippen LogP contribution in [0.25, 0.3) is 0 Å². The second kappa shape index (κ2) is 6.89. The molecule has 0 N–H and O–H groups in total. The van der Waals surface area contributed by atoms with Crippen LogP contribution in [0.5, 0.6) is 0 Å². The van der Waals surface area contributed by atoms with Gasteiger partial charge in [0.15, 0.2) is 5.78 Å². The third-order valence-corrected chi connectivity index (χ3v) is 5.26. The van der Waals surface area contributed by atoms with Gasteiger partial charge in [0.2, 0.25) is 5.78 Å². The van der Waals surface area contributed by atoms with E-state index in [1.54, 1.807) is 19.1 Å². The lowest BCUT2D eigenvalue weighted by Gasteiger charge is -2.38. The number of Topliss-reactive ketones (excluding diaryl/α,β-unsaturated/α-hetero) is 2. The topological polar surface area (TPSA) is 40.6 Å². The van der Waals surface area contributed by atoms with Gasteiger partial charge in [0, 0.05) is 49.4 Å². The summed E-state index contributed by atoms with van der Waals surface area (Å²) in [5, 5.41) is 0. The van der Waals surface area contributed by atoms with Crippen molar-refractivity contribution in [2.75, 3.05) is 26.2 Å². The highest BCUT2D eigenvalue weighted by Crippen LogP contribution is 2.28. The Kier molecular flexibility index (Phi) is 4.43. The fourth-order valence-electron chi connectivity index (χ4n) is 3.84. The first-order chi connectivity index (χ1) is 12.6. The Labute approximate surface area is 153 Å². The molecule has 1 fully saturated rings. The predicted molar refractivity (Wildman–Crippen MR) is 101 cm³/mol. The maximum absolute atomic E-state index is 13.0. The van der Waals surface area contributed by atoms with Crippen molar-refractivity contribution in [1.29, 1.82) is 0 Å². The lowest BCUT2D eigenvalue weighted by molar-refractivity contribution is 0.0901. The van der Waals surface area contributed by atoms with Crippen molar-refractivity contribution < 1.29 is 9.59 Å². The van der Waals surface area contributed by atoms with Gasteiger partial charge in [-0.05, 0) is 12.5 Å². The van der Waals surface area contributed by atoms with Gasteiger partial charge in [-0.3, -0.25) is 14.5 Å². The van der Waals surface area contributed by atoms with Gasteiger partial charge in [0.25, 0.3) is 0 Å². The van der Waals surface area contributed by atoms with Gasteiger partial charge in [-0.25, -0.2) is 0 Å². The Balaban J connectivity index is 1.50. The van der Waals surface area contributed by atoms with E-state index < -0.39 is 0 Å². The number of hydrogen-bond donors (Lipinski definition) is 0. The average Bonchev–Trinajstić information content (AvgIpc) is 2.68. The van der Waals surface area contributed by atoms with Crippen LogP contribution in [0.15, 0.2) is 65.9 Å². The van der Waals surface area contributed by atoms with Crippen LogP contribution in [-0.4, -0.2) is 47.5 Å². The molecule has 0 aromatic heterocycles. The van der Waals surface area contributed by atoms with Crippen LogP contribution in [0.3, 0.4) is 0 Å². The first-order valence-electron chi connectivity index (χ1n) is 9.05. The van der Waals surface area contributed by atoms with Crippen LogP contribution in [0.1, 0.15) is 33.2 Å². The Hall–Kier alpha value is -2.72. The zero-order valence-corrected chi connectivity index (χ0v) is 14.9. The molecular formula is C22H22N2O2. The molecule has 26 heavy (non-hydrogen) atoms. The first-order valence-corrected chi connectivity index (χ1v) is 9.05. The Morgan fingerprint density at radius 2 is 1.35 bits per heavy atom. The number of carbonyl (C=O) groups excluding carboxylic acids is 2. The molecule has 4 heteroatoms. The summed E-state index contributed by atoms with van der Waals surface area (Å²) in [6, 6.07) is 17.6. The molecule has 0 radical (unpaired) electrons. The lowest BCUT2D eigenvalue weighted by Crippen LogP contribution is -2.47. The van der Waals surface area contributed by atoms with Crippen molar-refractivity contribution in [3.05, 3.63) is 82.6 Å². The summed E-state index contributed by atoms with van der Waals surface area (Å²) < 4.78 is 0. The molecule has 1 saturated heterocycles. The van der Waals surface area contributed by atoms with E-state index in [9.17, 15) is 9.59 Å². The van der Waals surface area contributed by atoms with Gasteiger partial charge in [-0.2, -0.15) is 0 Å². The number of nitrogens with zero attached hydrogens (tertiary/aromatic N) is 2. The number of piperazine rings is 1. The summed E-state index contributed by atoms with van der Waals surface area (Å²) in [5.74, 6) is -0.0453. The number of rotatable bonds is 3. The molecule has 132 valence electrons. The molecule has 0 saturated carbocycles. The van der Waals surface area contributed by atoms with E-state index in [-0.39, 0.29) is 11.6 Å². The van der Waals surface area contributed by atoms with Crippen LogP contribution in [0.2, 0.25) is 0 Å². The summed E-state index contributed by atoms with van der Waals surface area (Å²) in [5.41, 5.74) is 3.53. The Morgan fingerprint density at radius 1 is 0.769 bits per heavy atom. The molecule has 2 aromatic rings. The van der Waals surface area contributed by atoms with E-state index in [0.717, 1.165) is 32.7 Å². The van der Waals surface area contributed by atoms with Crippen LogP contribution < -0.4 is 0 Å². The molecular weight excluding hydrogens is 324 g/mol. The summed E-state index contributed by atoms with van der Waals surface area (Å²) in [6.45, 7) is 6.00. The van der Waals surface area contributed by atoms with E-state index in [0.29, 0.717) is 22.4 Å². The van der Waals surface area contributed by atoms with Crippen molar-refractivity contribution in [2.24, 2.45) is 0 Å². The van der Waals surface area contributed by atoms with Gasteiger partial charge >= 0.3 is 0 Å². The van der Waals surface area contributed by atoms with Gasteiger partial charge in [-0.15, -0.1) is 0 Å². The quantitative estimate of drug-likeness (QED) is 0.856. The standard InChI is InChI=1S/C22H22N2O2/c1-16-20(22(26)19-10-6-5-9-18(19)21(16)25)24-13-11-23(12-14-24)15-17-7-3-2-4-8-17/h2-10H,11-15H2,1H3. The Bertz CT molecular complexity index is 878. The molecule has 4 rings (SSSR count). The molecule has 1 aliphatic carbocycles. The van der Waals surface area contributed by atoms with E-state index in [2.05, 4.69) is 34.1 Å². The highest BCUT2D eigenvalue weighted by atomic mass is 16.1. The van der Waals surface area contributed by atoms with Crippen LogP contribution in [0, 0.1) is 0 Å². The first kappa shape index (κ1) is 16.7. The summed E-state index contributed by atoms with van der Waals surface area (Å²) in [7, 11) is 0. The second-order valence-electron chi connectivity index (χ2n) is 6.93. The third-order valence-electron chi connectivity index (χ3n) is 5.26. The smallest absolute Gasteiger partial charge is 0.210 e. The van der Waals surface area contributed by atoms with Crippen LogP contribution in [-0.2, 0) is 6.54 Å². The predicted octanol–water partition coefficient (Wildman–Crippen LogP) is 3.16. The largest absolute Gasteiger partial charge is 0.365 e. The number of benzene rings is 2. The molecule has 4 nitrogen and oxygen atoms in total. The van der Waals surface area contributed by atoms with Gasteiger partial charge in [0.05, 0.1) is 5.70 Å². The van der Waals surface area contributed by atoms with E-state index >= 15 is 0 Å². The van der Waals surface area contributed by atoms with Gasteiger partial charge in [0.1, 0.15) is 0 Å². The molecule has 0 unspecified atom stereocenters. The van der Waals surface area contributed by atoms with Crippen molar-refractivity contribution in [3.8, 4) is 0 Å². The van der Waals surface area contributed by atoms with E-state index in [1.165, 1.54) is 5.56 Å². The molecule has 1 heterocycles. The van der Waals surface area contributed by atoms with Crippen molar-refractivity contribution in [2.45, 2.75) is 13.5 Å². The lowest BCUT2D eigenvalue weighted by atomic mass is 9.87. The minimum absolute atomic E-state index is 0.0193. The van der Waals surface area contributed by atoms with Crippen molar-refractivity contribution in [3.63, 3.8) is 0 Å². The zero-order chi connectivity index (χ0) is 18.1. The average molecular weight is 346 g/mol. The van der Waals surface area contributed by atoms with Crippen LogP contribution >= 0.6 is 0 Å². The number of hydrogen-bond acceptors (Lipinski definition) is 4. The van der Waals surface area contributed by atoms with Crippen molar-refractivity contribution in [1.82, 2.24) is 9.80 Å². The highest BCUT2D eigenvalue weighted by Gasteiger charge is 2.33. The molecule has 1 aliphatic heterocycles. The Morgan fingerprint density at radius 3 is 2.00 bits per heavy atom. The van der Waals surface area contributed by atoms with Gasteiger partial charge in [-0.1, -0.05) is 54.6 Å². The zero-order valence-electron chi connectivity index (χ0n) is 14.9. The highest BCUT2D eigenvalue weighted by molar-refractivity contribution is 6.26. The monoisotopic (exact) mass is 346 g/mol. The summed E-state index contributed by atoms with van der Waals surface area (Å²) in [4.78, 5) is 30.1. The maximum Gasteiger partial charge on any atom is 0.210 e. The molecule has 2 aromatic carbocycles. The number of allylic oxidation sites excluding steroid dienone is 2. The minimum atomic E-state index is -0.0260. The molecule has 0 amide bonds. The molecule has 0 atom stereocenters.